The summed E-state index contributed by atoms with van der Waals surface area (Å²) in [6.07, 6.45) is -11.2. The van der Waals surface area contributed by atoms with E-state index in [1.807, 2.05) is 24.3 Å². The van der Waals surface area contributed by atoms with Gasteiger partial charge in [0.1, 0.15) is 0 Å². The molecule has 8 N–H and O–H groups in total. The van der Waals surface area contributed by atoms with Crippen molar-refractivity contribution in [3.63, 3.8) is 0 Å². The summed E-state index contributed by atoms with van der Waals surface area (Å²) < 4.78 is 82.0. The van der Waals surface area contributed by atoms with Crippen LogP contribution >= 0.6 is 0 Å². The molecule has 0 atom stereocenters. The van der Waals surface area contributed by atoms with Gasteiger partial charge in [-0.1, -0.05) is 97.1 Å². The highest BCUT2D eigenvalue weighted by Crippen LogP contribution is 2.56. The van der Waals surface area contributed by atoms with Crippen LogP contribution in [0.15, 0.2) is 146 Å². The van der Waals surface area contributed by atoms with Crippen LogP contribution in [0, 0.1) is 0 Å². The SMILES string of the molecule is Nc1ccc(-c2c3ccccc3c(-c3ccc(N)cc3)c3ccccc23)cc1.Nc1ccc(C(c2ccc(N)cc2)(C(F)(F)F)C(F)(F)F)cc1. The fraction of sp³-hybridized carbons (Fsp3) is 0.0732. The van der Waals surface area contributed by atoms with Crippen molar-refractivity contribution in [3.8, 4) is 22.3 Å². The summed E-state index contributed by atoms with van der Waals surface area (Å²) in [6, 6.07) is 40.4. The maximum atomic E-state index is 13.7. The molecule has 0 aliphatic rings. The van der Waals surface area contributed by atoms with E-state index in [4.69, 9.17) is 22.9 Å². The average molecular weight is 695 g/mol. The zero-order valence-corrected chi connectivity index (χ0v) is 26.9. The topological polar surface area (TPSA) is 104 Å². The maximum absolute atomic E-state index is 13.7. The standard InChI is InChI=1S/C26H20N2.C15H12F6N2/c27-19-13-9-17(10-14-19)25-21-5-1-2-6-22(21)26(18-11-15-20(28)16-12-18)24-8-4-3-7-23(24)25;16-14(17,18)13(15(19,20)21,9-1-5-11(22)6-2-9)10-3-7-12(23)8-4-10/h1-16H,27-28H2;1-8H,22-23H2. The molecular weight excluding hydrogens is 662 g/mol. The highest BCUT2D eigenvalue weighted by atomic mass is 19.4. The van der Waals surface area contributed by atoms with Crippen LogP contribution in [0.25, 0.3) is 43.8 Å². The van der Waals surface area contributed by atoms with Gasteiger partial charge in [0.15, 0.2) is 0 Å². The molecule has 0 aliphatic heterocycles. The predicted octanol–water partition coefficient (Wildman–Crippen LogP) is 10.8. The molecule has 0 aliphatic carbocycles. The summed E-state index contributed by atoms with van der Waals surface area (Å²) in [7, 11) is 0. The van der Waals surface area contributed by atoms with Gasteiger partial charge in [0.2, 0.25) is 5.41 Å². The molecule has 0 saturated carbocycles. The molecule has 0 fully saturated rings. The smallest absolute Gasteiger partial charge is 0.399 e. The van der Waals surface area contributed by atoms with E-state index in [2.05, 4.69) is 72.8 Å². The first kappa shape index (κ1) is 34.7. The van der Waals surface area contributed by atoms with Gasteiger partial charge in [0, 0.05) is 22.7 Å². The molecule has 7 aromatic rings. The van der Waals surface area contributed by atoms with E-state index >= 15 is 0 Å². The molecule has 7 rings (SSSR count). The van der Waals surface area contributed by atoms with Gasteiger partial charge in [0.05, 0.1) is 0 Å². The first-order chi connectivity index (χ1) is 24.2. The van der Waals surface area contributed by atoms with E-state index in [1.165, 1.54) is 43.8 Å². The lowest BCUT2D eigenvalue weighted by atomic mass is 9.73. The number of nitrogens with two attached hydrogens (primary N) is 4. The van der Waals surface area contributed by atoms with E-state index in [0.29, 0.717) is 0 Å². The third kappa shape index (κ3) is 6.36. The zero-order valence-electron chi connectivity index (χ0n) is 26.9. The Bertz CT molecular complexity index is 2070. The van der Waals surface area contributed by atoms with Gasteiger partial charge in [-0.2, -0.15) is 26.3 Å². The Labute approximate surface area is 289 Å². The van der Waals surface area contributed by atoms with Crippen LogP contribution in [0.1, 0.15) is 11.1 Å². The summed E-state index contributed by atoms with van der Waals surface area (Å²) in [4.78, 5) is 0. The van der Waals surface area contributed by atoms with Crippen molar-refractivity contribution in [1.29, 1.82) is 0 Å². The molecule has 0 radical (unpaired) electrons. The zero-order chi connectivity index (χ0) is 36.6. The average Bonchev–Trinajstić information content (AvgIpc) is 3.09. The number of hydrogen-bond acceptors (Lipinski definition) is 4. The summed E-state index contributed by atoms with van der Waals surface area (Å²) in [5, 5.41) is 4.94. The number of rotatable bonds is 4. The summed E-state index contributed by atoms with van der Waals surface area (Å²) in [5.41, 5.74) is 23.0. The normalized spacial score (nSPS) is 12.0. The minimum atomic E-state index is -5.61. The van der Waals surface area contributed by atoms with E-state index in [1.54, 1.807) is 0 Å². The molecule has 0 aromatic heterocycles. The van der Waals surface area contributed by atoms with Crippen molar-refractivity contribution in [2.45, 2.75) is 17.8 Å². The number of nitrogen functional groups attached to an aromatic ring is 4. The lowest BCUT2D eigenvalue weighted by Crippen LogP contribution is -2.54. The number of halogens is 6. The second-order valence-electron chi connectivity index (χ2n) is 12.1. The second-order valence-corrected chi connectivity index (χ2v) is 12.1. The number of alkyl halides is 6. The molecule has 0 spiro atoms. The minimum Gasteiger partial charge on any atom is -0.399 e. The van der Waals surface area contributed by atoms with E-state index < -0.39 is 28.9 Å². The van der Waals surface area contributed by atoms with E-state index in [9.17, 15) is 26.3 Å². The largest absolute Gasteiger partial charge is 0.411 e. The number of fused-ring (bicyclic) bond motifs is 2. The van der Waals surface area contributed by atoms with Crippen LogP contribution < -0.4 is 22.9 Å². The van der Waals surface area contributed by atoms with Crippen LogP contribution in [0.2, 0.25) is 0 Å². The summed E-state index contributed by atoms with van der Waals surface area (Å²) >= 11 is 0. The van der Waals surface area contributed by atoms with Crippen molar-refractivity contribution < 1.29 is 26.3 Å². The quantitative estimate of drug-likeness (QED) is 0.0836. The molecule has 0 amide bonds. The van der Waals surface area contributed by atoms with Crippen molar-refractivity contribution in [2.75, 3.05) is 22.9 Å². The fourth-order valence-electron chi connectivity index (χ4n) is 6.50. The molecular formula is C41H32F6N4. The summed E-state index contributed by atoms with van der Waals surface area (Å²) in [6.45, 7) is 0. The number of hydrogen-bond donors (Lipinski definition) is 4. The van der Waals surface area contributed by atoms with Crippen LogP contribution in [-0.2, 0) is 5.41 Å². The van der Waals surface area contributed by atoms with Crippen molar-refractivity contribution >= 4 is 44.3 Å². The Morgan fingerprint density at radius 1 is 0.314 bits per heavy atom. The van der Waals surface area contributed by atoms with Crippen molar-refractivity contribution in [2.24, 2.45) is 0 Å². The Hall–Kier alpha value is -6.16. The van der Waals surface area contributed by atoms with Gasteiger partial charge >= 0.3 is 12.4 Å². The third-order valence-electron chi connectivity index (χ3n) is 8.87. The first-order valence-corrected chi connectivity index (χ1v) is 15.7. The Kier molecular flexibility index (Phi) is 9.03. The van der Waals surface area contributed by atoms with Gasteiger partial charge in [-0.25, -0.2) is 0 Å². The number of anilines is 4. The van der Waals surface area contributed by atoms with Crippen LogP contribution in [0.4, 0.5) is 49.1 Å². The lowest BCUT2D eigenvalue weighted by Gasteiger charge is -2.38. The lowest BCUT2D eigenvalue weighted by molar-refractivity contribution is -0.288. The molecule has 0 heterocycles. The van der Waals surface area contributed by atoms with Gasteiger partial charge < -0.3 is 22.9 Å². The maximum Gasteiger partial charge on any atom is 0.411 e. The van der Waals surface area contributed by atoms with Crippen LogP contribution in [0.5, 0.6) is 0 Å². The van der Waals surface area contributed by atoms with Crippen LogP contribution in [0.3, 0.4) is 0 Å². The van der Waals surface area contributed by atoms with Crippen molar-refractivity contribution in [3.05, 3.63) is 157 Å². The Morgan fingerprint density at radius 2 is 0.549 bits per heavy atom. The number of benzene rings is 7. The molecule has 7 aromatic carbocycles. The second kappa shape index (κ2) is 13.3. The molecule has 4 nitrogen and oxygen atoms in total. The molecule has 10 heteroatoms. The minimum absolute atomic E-state index is 0.0595. The molecule has 258 valence electrons. The van der Waals surface area contributed by atoms with E-state index in [-0.39, 0.29) is 11.4 Å². The van der Waals surface area contributed by atoms with Crippen LogP contribution in [-0.4, -0.2) is 12.4 Å². The Balaban J connectivity index is 0.000000180. The first-order valence-electron chi connectivity index (χ1n) is 15.7. The van der Waals surface area contributed by atoms with Gasteiger partial charge in [-0.15, -0.1) is 0 Å². The highest BCUT2D eigenvalue weighted by Gasteiger charge is 2.72. The fourth-order valence-corrected chi connectivity index (χ4v) is 6.50. The molecule has 51 heavy (non-hydrogen) atoms. The van der Waals surface area contributed by atoms with Crippen molar-refractivity contribution in [1.82, 2.24) is 0 Å². The van der Waals surface area contributed by atoms with Gasteiger partial charge in [0.25, 0.3) is 0 Å². The monoisotopic (exact) mass is 694 g/mol. The predicted molar refractivity (Wildman–Crippen MR) is 196 cm³/mol. The Morgan fingerprint density at radius 3 is 0.784 bits per heavy atom. The van der Waals surface area contributed by atoms with E-state index in [0.717, 1.165) is 59.9 Å². The summed E-state index contributed by atoms with van der Waals surface area (Å²) in [5.74, 6) is 0. The molecule has 0 bridgehead atoms. The highest BCUT2D eigenvalue weighted by molar-refractivity contribution is 6.21. The van der Waals surface area contributed by atoms with Gasteiger partial charge in [-0.05, 0) is 103 Å². The van der Waals surface area contributed by atoms with Gasteiger partial charge in [-0.3, -0.25) is 0 Å². The third-order valence-corrected chi connectivity index (χ3v) is 8.87. The molecule has 0 unspecified atom stereocenters. The molecule has 0 saturated heterocycles.